The van der Waals surface area contributed by atoms with Crippen molar-refractivity contribution in [2.24, 2.45) is 0 Å². The molecule has 23 nitrogen and oxygen atoms in total. The van der Waals surface area contributed by atoms with E-state index in [2.05, 4.69) is 0 Å². The topological polar surface area (TPSA) is 306 Å². The maximum atomic E-state index is 11.5. The number of aldehydes is 1. The minimum atomic E-state index is -0.915. The molecular formula is C84H83AlCl5LiO23. The molecule has 114 heavy (non-hydrogen) atoms. The van der Waals surface area contributed by atoms with Crippen LogP contribution in [-0.2, 0) is 64.6 Å². The van der Waals surface area contributed by atoms with Crippen LogP contribution in [0.2, 0.25) is 20.1 Å². The fourth-order valence-corrected chi connectivity index (χ4v) is 10.3. The molecule has 0 heterocycles. The van der Waals surface area contributed by atoms with E-state index < -0.39 is 6.10 Å². The first-order valence-corrected chi connectivity index (χ1v) is 34.8. The fourth-order valence-electron chi connectivity index (χ4n) is 9.61. The van der Waals surface area contributed by atoms with E-state index in [0.717, 1.165) is 33.4 Å². The number of methoxy groups -OCH3 is 3. The summed E-state index contributed by atoms with van der Waals surface area (Å²) in [6.07, 6.45) is -0.300. The van der Waals surface area contributed by atoms with Gasteiger partial charge in [-0.2, -0.15) is 19.2 Å². The van der Waals surface area contributed by atoms with E-state index >= 15 is 0 Å². The summed E-state index contributed by atoms with van der Waals surface area (Å²) in [6.45, 7) is 5.51. The molecular weight excluding hydrogens is 1590 g/mol. The fraction of sp³-hybridized carbons (Fsp3) is 0.179. The van der Waals surface area contributed by atoms with Crippen LogP contribution < -0.4 is 66.2 Å². The Labute approximate surface area is 709 Å². The average molecular weight is 1670 g/mol. The van der Waals surface area contributed by atoms with Gasteiger partial charge in [0.25, 0.3) is 0 Å². The predicted molar refractivity (Wildman–Crippen MR) is 430 cm³/mol. The zero-order valence-electron chi connectivity index (χ0n) is 62.9. The third-order valence-corrected chi connectivity index (χ3v) is 15.7. The van der Waals surface area contributed by atoms with Gasteiger partial charge in [0.15, 0.2) is 96.1 Å². The number of carbonyl (C=O) groups is 1. The van der Waals surface area contributed by atoms with Crippen molar-refractivity contribution in [1.82, 2.24) is 0 Å². The van der Waals surface area contributed by atoms with E-state index in [1.54, 1.807) is 155 Å². The number of phenolic OH excluding ortho intramolecular Hbond substituents is 5. The first kappa shape index (κ1) is 97.5. The second-order valence-electron chi connectivity index (χ2n) is 23.0. The van der Waals surface area contributed by atoms with E-state index in [1.165, 1.54) is 18.2 Å². The van der Waals surface area contributed by atoms with Gasteiger partial charge in [0, 0.05) is 71.2 Å². The van der Waals surface area contributed by atoms with Gasteiger partial charge in [0.2, 0.25) is 0 Å². The smallest absolute Gasteiger partial charge is 1.00 e. The van der Waals surface area contributed by atoms with Crippen LogP contribution >= 0.6 is 58.8 Å². The van der Waals surface area contributed by atoms with Crippen molar-refractivity contribution in [1.29, 1.82) is 0 Å². The summed E-state index contributed by atoms with van der Waals surface area (Å²) < 4.78 is 72.3. The number of hydrogen-bond acceptors (Lipinski definition) is 23. The number of benzene rings is 11. The molecule has 0 aliphatic rings. The van der Waals surface area contributed by atoms with Gasteiger partial charge in [-0.1, -0.05) is 131 Å². The van der Waals surface area contributed by atoms with Crippen LogP contribution in [0.15, 0.2) is 243 Å². The van der Waals surface area contributed by atoms with Crippen molar-refractivity contribution < 1.29 is 131 Å². The molecule has 0 spiro atoms. The maximum Gasteiger partial charge on any atom is 1.00 e. The second kappa shape index (κ2) is 54.1. The summed E-state index contributed by atoms with van der Waals surface area (Å²) in [6, 6.07) is 69.5. The normalized spacial score (nSPS) is 10.6. The minimum Gasteiger partial charge on any atom is -1.00 e. The third kappa shape index (κ3) is 35.6. The van der Waals surface area contributed by atoms with Crippen molar-refractivity contribution >= 4 is 94.8 Å². The summed E-state index contributed by atoms with van der Waals surface area (Å²) in [5.74, 6) is 5.98. The van der Waals surface area contributed by atoms with Crippen LogP contribution in [0.1, 0.15) is 72.5 Å². The Morgan fingerprint density at radius 1 is 0.351 bits per heavy atom. The van der Waals surface area contributed by atoms with Crippen molar-refractivity contribution in [3.63, 3.8) is 0 Å². The Balaban J connectivity index is 0.000000507. The van der Waals surface area contributed by atoms with Gasteiger partial charge in [-0.25, -0.2) is 0 Å². The van der Waals surface area contributed by atoms with Gasteiger partial charge in [0.05, 0.1) is 0 Å². The summed E-state index contributed by atoms with van der Waals surface area (Å²) in [5.41, 5.74) is 5.77. The van der Waals surface area contributed by atoms with Gasteiger partial charge in [-0.05, 0) is 181 Å². The van der Waals surface area contributed by atoms with E-state index in [1.807, 2.05) is 105 Å². The van der Waals surface area contributed by atoms with E-state index in [9.17, 15) is 30.3 Å². The molecule has 11 rings (SSSR count). The van der Waals surface area contributed by atoms with Crippen LogP contribution in [0, 0.1) is 0 Å². The van der Waals surface area contributed by atoms with Gasteiger partial charge in [-0.3, -0.25) is 4.79 Å². The largest absolute Gasteiger partial charge is 1.00 e. The standard InChI is InChI=1S/C25H27ClO6.C21H17ClO5.C21H19ClO4.C15H15ClO4.2CO2.Al.ClH.Li.4H/c1-18(20-7-5-9-23(13-20)31-17-28-3)32-24-11-10-21(26)14-25(24)29-15-19-6-4-8-22(12-19)30-16-27-2;22-16-7-8-19(27-21(12-23)15-4-2-6-18(25)10-15)20(11-16)26-13-14-3-1-5-17(24)9-14;1-14(16-5-3-7-19(24)11-16)26-20-9-8-17(22)12-21(20)25-13-15-4-2-6-18(23)10-15;1-18-10-20-13-4-2-3-11(7-13)9-19-15-8-12(16)5-6-14(15)17;2*2-1-3;;;;;;;/h4-14,18H,15-17H2,1-3H3;1-12,21,24-25H,13H2;2-12,14,23-24H,13H2,1H3;2-8,17H,9-10H2,1H3;;;;1H;;;;;/q;;;;;;;;+1;;;;-1. The molecule has 0 saturated heterocycles. The van der Waals surface area contributed by atoms with Crippen molar-refractivity contribution in [2.75, 3.05) is 41.7 Å². The zero-order chi connectivity index (χ0) is 80.3. The molecule has 0 aromatic heterocycles. The number of carbonyl (C=O) groups excluding carboxylic acids is 5. The molecule has 0 radical (unpaired) electrons. The van der Waals surface area contributed by atoms with E-state index in [0.29, 0.717) is 103 Å². The monoisotopic (exact) mass is 1670 g/mol. The molecule has 0 aliphatic carbocycles. The maximum absolute atomic E-state index is 11.5. The number of hydrogen-bond donors (Lipinski definition) is 5. The Morgan fingerprint density at radius 2 is 0.640 bits per heavy atom. The minimum absolute atomic E-state index is 0. The van der Waals surface area contributed by atoms with Gasteiger partial charge in [0.1, 0.15) is 78.9 Å². The first-order valence-electron chi connectivity index (χ1n) is 33.3. The van der Waals surface area contributed by atoms with E-state index in [-0.39, 0.29) is 137 Å². The number of ether oxygens (including phenoxy) is 13. The molecule has 3 unspecified atom stereocenters. The second-order valence-corrected chi connectivity index (χ2v) is 24.7. The summed E-state index contributed by atoms with van der Waals surface area (Å²) in [7, 11) is 4.73. The third-order valence-electron chi connectivity index (χ3n) is 14.7. The van der Waals surface area contributed by atoms with Crippen LogP contribution in [0.5, 0.6) is 86.2 Å². The van der Waals surface area contributed by atoms with Gasteiger partial charge >= 0.3 is 31.2 Å². The van der Waals surface area contributed by atoms with Crippen molar-refractivity contribution in [3.8, 4) is 86.2 Å². The molecule has 0 bridgehead atoms. The summed E-state index contributed by atoms with van der Waals surface area (Å²) in [5, 5.41) is 50.1. The molecule has 30 heteroatoms. The first-order chi connectivity index (χ1) is 53.7. The van der Waals surface area contributed by atoms with Gasteiger partial charge in [-0.15, -0.1) is 12.4 Å². The molecule has 11 aromatic carbocycles. The van der Waals surface area contributed by atoms with Gasteiger partial charge < -0.3 is 88.5 Å². The zero-order valence-corrected chi connectivity index (χ0v) is 65.7. The van der Waals surface area contributed by atoms with Crippen LogP contribution in [0.3, 0.4) is 0 Å². The van der Waals surface area contributed by atoms with Crippen molar-refractivity contribution in [3.05, 3.63) is 302 Å². The Morgan fingerprint density at radius 3 is 1.01 bits per heavy atom. The quantitative estimate of drug-likeness (QED) is 0.0153. The Hall–Kier alpha value is -10.7. The Kier molecular flexibility index (Phi) is 46.3. The average Bonchev–Trinajstić information content (AvgIpc) is 0.866. The molecule has 0 amide bonds. The molecule has 5 N–H and O–H groups in total. The molecule has 0 aliphatic heterocycles. The number of halogens is 5. The van der Waals surface area contributed by atoms with Crippen molar-refractivity contribution in [2.45, 2.75) is 58.6 Å². The van der Waals surface area contributed by atoms with Crippen LogP contribution in [0.4, 0.5) is 0 Å². The van der Waals surface area contributed by atoms with Crippen LogP contribution in [-0.4, -0.2) is 103 Å². The summed E-state index contributed by atoms with van der Waals surface area (Å²) >= 11 is 24.2. The van der Waals surface area contributed by atoms with E-state index in [4.69, 9.17) is 127 Å². The number of rotatable bonds is 31. The molecule has 596 valence electrons. The molecule has 11 aromatic rings. The summed E-state index contributed by atoms with van der Waals surface area (Å²) in [4.78, 5) is 44.0. The SMILES string of the molecule is CC(Oc1ccc(Cl)cc1OCc1cccc(O)c1)c1cccc(O)c1.COCOc1cccc(COc2cc(Cl)ccc2O)c1.COCOc1cccc(COc2cc(Cl)ccc2OC(C)c2cccc(OCOC)c2)c1.Cl.O=C=O.O=C=O.O=CC(Oc1ccc(Cl)cc1OCc1cccc(O)c1)c1cccc(O)c1.[AlH3].[H-].[Li+]. The molecule has 3 atom stereocenters. The molecule has 0 saturated carbocycles. The predicted octanol–water partition coefficient (Wildman–Crippen LogP) is 14.9. The number of aromatic hydroxyl groups is 5. The number of phenols is 5. The molecule has 0 fully saturated rings. The Bertz CT molecular complexity index is 4760. The van der Waals surface area contributed by atoms with Crippen LogP contribution in [0.25, 0.3) is 0 Å².